The number of nitrogens with zero attached hydrogens (tertiary/aromatic N) is 2. The largest absolute Gasteiger partial charge is 0.416 e. The van der Waals surface area contributed by atoms with Crippen LogP contribution in [-0.4, -0.2) is 9.97 Å². The number of hydrogen-bond acceptors (Lipinski definition) is 4. The summed E-state index contributed by atoms with van der Waals surface area (Å²) >= 11 is 0. The number of aromatic nitrogens is 2. The third-order valence-corrected chi connectivity index (χ3v) is 2.40. The van der Waals surface area contributed by atoms with Gasteiger partial charge in [0.15, 0.2) is 0 Å². The molecule has 1 aromatic heterocycles. The molecule has 2 rings (SSSR count). The zero-order valence-corrected chi connectivity index (χ0v) is 10.5. The van der Waals surface area contributed by atoms with E-state index in [1.807, 2.05) is 5.48 Å². The third-order valence-electron chi connectivity index (χ3n) is 2.40. The Morgan fingerprint density at radius 1 is 0.864 bits per heavy atom. The van der Waals surface area contributed by atoms with E-state index in [1.165, 1.54) is 12.4 Å². The van der Waals surface area contributed by atoms with Crippen molar-refractivity contribution in [3.63, 3.8) is 0 Å². The van der Waals surface area contributed by atoms with Crippen LogP contribution in [0, 0.1) is 0 Å². The molecule has 22 heavy (non-hydrogen) atoms. The van der Waals surface area contributed by atoms with Crippen molar-refractivity contribution in [2.24, 2.45) is 0 Å². The summed E-state index contributed by atoms with van der Waals surface area (Å²) in [6, 6.07) is 1.00. The van der Waals surface area contributed by atoms with Gasteiger partial charge in [0.05, 0.1) is 23.0 Å². The second-order valence-electron chi connectivity index (χ2n) is 4.04. The quantitative estimate of drug-likeness (QED) is 0.687. The Morgan fingerprint density at radius 2 is 1.45 bits per heavy atom. The first-order chi connectivity index (χ1) is 10.2. The summed E-state index contributed by atoms with van der Waals surface area (Å²) in [5.74, 6) is -0.117. The fraction of sp³-hybridized carbons (Fsp3) is 0.167. The van der Waals surface area contributed by atoms with E-state index in [9.17, 15) is 26.3 Å². The van der Waals surface area contributed by atoms with Gasteiger partial charge in [-0.05, 0) is 18.2 Å². The van der Waals surface area contributed by atoms with Gasteiger partial charge in [0.25, 0.3) is 5.88 Å². The van der Waals surface area contributed by atoms with Gasteiger partial charge in [-0.25, -0.2) is 10.5 Å². The van der Waals surface area contributed by atoms with Crippen LogP contribution in [0.3, 0.4) is 0 Å². The van der Waals surface area contributed by atoms with Crippen LogP contribution >= 0.6 is 0 Å². The van der Waals surface area contributed by atoms with Crippen LogP contribution in [-0.2, 0) is 12.4 Å². The minimum absolute atomic E-state index is 0.0213. The third kappa shape index (κ3) is 3.99. The Balaban J connectivity index is 2.30. The lowest BCUT2D eigenvalue weighted by Gasteiger charge is -2.15. The Bertz CT molecular complexity index is 609. The number of nitrogens with one attached hydrogen (secondary N) is 1. The van der Waals surface area contributed by atoms with E-state index >= 15 is 0 Å². The van der Waals surface area contributed by atoms with Crippen molar-refractivity contribution in [3.8, 4) is 5.88 Å². The van der Waals surface area contributed by atoms with Gasteiger partial charge < -0.3 is 4.84 Å². The summed E-state index contributed by atoms with van der Waals surface area (Å²) in [5, 5.41) is 0. The maximum atomic E-state index is 12.6. The highest BCUT2D eigenvalue weighted by Crippen LogP contribution is 2.37. The Morgan fingerprint density at radius 3 is 1.91 bits per heavy atom. The molecular weight excluding hydrogens is 316 g/mol. The summed E-state index contributed by atoms with van der Waals surface area (Å²) in [5.41, 5.74) is -1.44. The molecule has 0 saturated heterocycles. The molecule has 1 N–H and O–H groups in total. The first-order valence-electron chi connectivity index (χ1n) is 5.64. The normalized spacial score (nSPS) is 12.1. The standard InChI is InChI=1S/C12H7F6N3O/c13-11(14,15)7-3-8(12(16,17)18)5-9(4-7)21-22-10-6-19-1-2-20-10/h1-6,21H. The summed E-state index contributed by atoms with van der Waals surface area (Å²) in [4.78, 5) is 12.0. The fourth-order valence-electron chi connectivity index (χ4n) is 1.46. The molecule has 0 spiro atoms. The lowest BCUT2D eigenvalue weighted by molar-refractivity contribution is -0.143. The smallest absolute Gasteiger partial charge is 0.360 e. The van der Waals surface area contributed by atoms with Crippen molar-refractivity contribution in [2.75, 3.05) is 5.48 Å². The molecule has 0 unspecified atom stereocenters. The molecule has 1 aromatic carbocycles. The van der Waals surface area contributed by atoms with Gasteiger partial charge in [-0.3, -0.25) is 4.98 Å². The number of halogens is 6. The van der Waals surface area contributed by atoms with Crippen LogP contribution in [0.5, 0.6) is 5.88 Å². The van der Waals surface area contributed by atoms with Gasteiger partial charge in [-0.2, -0.15) is 26.3 Å². The Labute approximate surface area is 119 Å². The summed E-state index contributed by atoms with van der Waals surface area (Å²) in [7, 11) is 0. The molecule has 0 aliphatic rings. The average molecular weight is 323 g/mol. The van der Waals surface area contributed by atoms with Crippen LogP contribution < -0.4 is 10.3 Å². The van der Waals surface area contributed by atoms with Crippen molar-refractivity contribution >= 4 is 5.69 Å². The predicted octanol–water partition coefficient (Wildman–Crippen LogP) is 3.92. The SMILES string of the molecule is FC(F)(F)c1cc(NOc2cnccn2)cc(C(F)(F)F)c1. The molecule has 1 heterocycles. The molecule has 2 aromatic rings. The highest BCUT2D eigenvalue weighted by molar-refractivity contribution is 5.49. The summed E-state index contributed by atoms with van der Waals surface area (Å²) in [6.07, 6.45) is -6.16. The maximum Gasteiger partial charge on any atom is 0.416 e. The first kappa shape index (κ1) is 15.9. The molecule has 0 amide bonds. The maximum absolute atomic E-state index is 12.6. The number of hydrogen-bond donors (Lipinski definition) is 1. The molecule has 10 heteroatoms. The number of alkyl halides is 6. The van der Waals surface area contributed by atoms with Gasteiger partial charge in [0, 0.05) is 12.4 Å². The van der Waals surface area contributed by atoms with Crippen molar-refractivity contribution < 1.29 is 31.2 Å². The van der Waals surface area contributed by atoms with Crippen LogP contribution in [0.25, 0.3) is 0 Å². The zero-order valence-electron chi connectivity index (χ0n) is 10.5. The Hall–Kier alpha value is -2.52. The molecule has 0 aliphatic heterocycles. The second kappa shape index (κ2) is 5.70. The van der Waals surface area contributed by atoms with Crippen LogP contribution in [0.2, 0.25) is 0 Å². The molecule has 0 saturated carbocycles. The molecule has 0 fully saturated rings. The van der Waals surface area contributed by atoms with E-state index in [1.54, 1.807) is 0 Å². The lowest BCUT2D eigenvalue weighted by Crippen LogP contribution is -2.13. The lowest BCUT2D eigenvalue weighted by atomic mass is 10.1. The molecule has 118 valence electrons. The number of rotatable bonds is 3. The molecular formula is C12H7F6N3O. The monoisotopic (exact) mass is 323 g/mol. The molecule has 0 radical (unpaired) electrons. The molecule has 0 atom stereocenters. The second-order valence-corrected chi connectivity index (χ2v) is 4.04. The highest BCUT2D eigenvalue weighted by Gasteiger charge is 2.37. The highest BCUT2D eigenvalue weighted by atomic mass is 19.4. The molecule has 0 aliphatic carbocycles. The van der Waals surface area contributed by atoms with Gasteiger partial charge >= 0.3 is 12.4 Å². The summed E-state index contributed by atoms with van der Waals surface area (Å²) in [6.45, 7) is 0. The van der Waals surface area contributed by atoms with E-state index in [2.05, 4.69) is 9.97 Å². The van der Waals surface area contributed by atoms with Gasteiger partial charge in [0.2, 0.25) is 0 Å². The molecule has 0 bridgehead atoms. The van der Waals surface area contributed by atoms with Crippen molar-refractivity contribution in [1.29, 1.82) is 0 Å². The Kier molecular flexibility index (Phi) is 4.11. The van der Waals surface area contributed by atoms with Gasteiger partial charge in [-0.1, -0.05) is 0 Å². The number of benzene rings is 1. The van der Waals surface area contributed by atoms with Crippen molar-refractivity contribution in [3.05, 3.63) is 47.9 Å². The van der Waals surface area contributed by atoms with Crippen LogP contribution in [0.15, 0.2) is 36.8 Å². The van der Waals surface area contributed by atoms with E-state index in [0.717, 1.165) is 6.20 Å². The minimum atomic E-state index is -4.93. The molecule has 4 nitrogen and oxygen atoms in total. The number of anilines is 1. The van der Waals surface area contributed by atoms with Gasteiger partial charge in [-0.15, -0.1) is 0 Å². The van der Waals surface area contributed by atoms with E-state index in [0.29, 0.717) is 12.1 Å². The minimum Gasteiger partial charge on any atom is -0.360 e. The summed E-state index contributed by atoms with van der Waals surface area (Å²) < 4.78 is 75.8. The fourth-order valence-corrected chi connectivity index (χ4v) is 1.46. The predicted molar refractivity (Wildman–Crippen MR) is 62.7 cm³/mol. The van der Waals surface area contributed by atoms with Crippen LogP contribution in [0.1, 0.15) is 11.1 Å². The van der Waals surface area contributed by atoms with E-state index < -0.39 is 29.2 Å². The van der Waals surface area contributed by atoms with E-state index in [4.69, 9.17) is 4.84 Å². The zero-order chi connectivity index (χ0) is 16.4. The van der Waals surface area contributed by atoms with Gasteiger partial charge in [0.1, 0.15) is 0 Å². The topological polar surface area (TPSA) is 47.0 Å². The average Bonchev–Trinajstić information content (AvgIpc) is 2.44. The van der Waals surface area contributed by atoms with E-state index in [-0.39, 0.29) is 11.9 Å². The van der Waals surface area contributed by atoms with Crippen LogP contribution in [0.4, 0.5) is 32.0 Å². The van der Waals surface area contributed by atoms with Crippen molar-refractivity contribution in [2.45, 2.75) is 12.4 Å². The first-order valence-corrected chi connectivity index (χ1v) is 5.64. The van der Waals surface area contributed by atoms with Crippen molar-refractivity contribution in [1.82, 2.24) is 9.97 Å².